The predicted molar refractivity (Wildman–Crippen MR) is 102 cm³/mol. The zero-order valence-electron chi connectivity index (χ0n) is 15.3. The Morgan fingerprint density at radius 1 is 1.32 bits per heavy atom. The maximum absolute atomic E-state index is 12.9. The molecule has 0 unspecified atom stereocenters. The summed E-state index contributed by atoms with van der Waals surface area (Å²) in [4.78, 5) is 12.9. The van der Waals surface area contributed by atoms with E-state index in [2.05, 4.69) is 20.6 Å². The van der Waals surface area contributed by atoms with E-state index < -0.39 is 0 Å². The van der Waals surface area contributed by atoms with Crippen LogP contribution in [0.2, 0.25) is 0 Å². The average molecular weight is 398 g/mol. The standard InChI is InChI=1S/C18H18N6O3S/c1-23-18(19-21-22-23)28-11-17(25)24-15(16-4-3-9-27-16)10-14(20-24)12-5-7-13(26-2)8-6-12/h3-9,15H,10-11H2,1-2H3/t15-/m1/s1. The van der Waals surface area contributed by atoms with E-state index in [1.54, 1.807) is 20.4 Å². The Balaban J connectivity index is 1.56. The molecule has 10 heteroatoms. The molecule has 4 rings (SSSR count). The second-order valence-corrected chi connectivity index (χ2v) is 7.07. The van der Waals surface area contributed by atoms with Gasteiger partial charge in [-0.15, -0.1) is 5.10 Å². The van der Waals surface area contributed by atoms with Crippen LogP contribution in [0, 0.1) is 0 Å². The third kappa shape index (κ3) is 3.63. The summed E-state index contributed by atoms with van der Waals surface area (Å²) < 4.78 is 12.3. The lowest BCUT2D eigenvalue weighted by Crippen LogP contribution is -2.28. The van der Waals surface area contributed by atoms with E-state index in [0.717, 1.165) is 17.0 Å². The quantitative estimate of drug-likeness (QED) is 0.588. The molecule has 0 N–H and O–H groups in total. The first-order valence-corrected chi connectivity index (χ1v) is 9.57. The minimum absolute atomic E-state index is 0.141. The van der Waals surface area contributed by atoms with Crippen LogP contribution in [0.1, 0.15) is 23.8 Å². The number of hydrogen-bond acceptors (Lipinski definition) is 8. The second-order valence-electron chi connectivity index (χ2n) is 6.12. The van der Waals surface area contributed by atoms with Crippen molar-refractivity contribution >= 4 is 23.4 Å². The van der Waals surface area contributed by atoms with Crippen LogP contribution in [-0.2, 0) is 11.8 Å². The number of carbonyl (C=O) groups excluding carboxylic acids is 1. The minimum atomic E-state index is -0.280. The number of benzene rings is 1. The number of aryl methyl sites for hydroxylation is 1. The van der Waals surface area contributed by atoms with Gasteiger partial charge in [0.1, 0.15) is 17.6 Å². The molecule has 1 aromatic carbocycles. The van der Waals surface area contributed by atoms with E-state index >= 15 is 0 Å². The summed E-state index contributed by atoms with van der Waals surface area (Å²) in [5, 5.41) is 17.9. The predicted octanol–water partition coefficient (Wildman–Crippen LogP) is 2.28. The fourth-order valence-corrected chi connectivity index (χ4v) is 3.64. The first-order chi connectivity index (χ1) is 13.7. The zero-order valence-corrected chi connectivity index (χ0v) is 16.2. The number of thioether (sulfide) groups is 1. The van der Waals surface area contributed by atoms with Gasteiger partial charge in [0.25, 0.3) is 5.91 Å². The van der Waals surface area contributed by atoms with E-state index in [-0.39, 0.29) is 17.7 Å². The number of rotatable bonds is 6. The first kappa shape index (κ1) is 18.2. The minimum Gasteiger partial charge on any atom is -0.497 e. The van der Waals surface area contributed by atoms with Crippen LogP contribution in [0.3, 0.4) is 0 Å². The molecule has 3 heterocycles. The molecular weight excluding hydrogens is 380 g/mol. The molecule has 2 aromatic heterocycles. The molecule has 0 saturated heterocycles. The summed E-state index contributed by atoms with van der Waals surface area (Å²) in [5.74, 6) is 1.50. The Labute approximate surface area is 165 Å². The molecule has 0 saturated carbocycles. The van der Waals surface area contributed by atoms with Gasteiger partial charge in [-0.1, -0.05) is 11.8 Å². The van der Waals surface area contributed by atoms with Gasteiger partial charge in [0.05, 0.1) is 24.8 Å². The summed E-state index contributed by atoms with van der Waals surface area (Å²) in [5.41, 5.74) is 1.76. The molecule has 0 bridgehead atoms. The second kappa shape index (κ2) is 7.85. The number of hydrazone groups is 1. The fourth-order valence-electron chi connectivity index (χ4n) is 2.94. The molecule has 0 fully saturated rings. The number of tetrazole rings is 1. The molecule has 1 aliphatic heterocycles. The van der Waals surface area contributed by atoms with Gasteiger partial charge in [0, 0.05) is 13.5 Å². The molecule has 3 aromatic rings. The molecule has 9 nitrogen and oxygen atoms in total. The zero-order chi connectivity index (χ0) is 19.5. The molecular formula is C18H18N6O3S. The van der Waals surface area contributed by atoms with E-state index in [4.69, 9.17) is 9.15 Å². The van der Waals surface area contributed by atoms with Crippen molar-refractivity contribution in [1.29, 1.82) is 0 Å². The molecule has 28 heavy (non-hydrogen) atoms. The third-order valence-corrected chi connectivity index (χ3v) is 5.36. The van der Waals surface area contributed by atoms with Gasteiger partial charge in [0.15, 0.2) is 0 Å². The Morgan fingerprint density at radius 2 is 2.14 bits per heavy atom. The van der Waals surface area contributed by atoms with Gasteiger partial charge >= 0.3 is 0 Å². The number of hydrogen-bond donors (Lipinski definition) is 0. The summed E-state index contributed by atoms with van der Waals surface area (Å²) in [7, 11) is 3.36. The van der Waals surface area contributed by atoms with E-state index in [9.17, 15) is 4.79 Å². The lowest BCUT2D eigenvalue weighted by atomic mass is 10.0. The highest BCUT2D eigenvalue weighted by atomic mass is 32.2. The maximum Gasteiger partial charge on any atom is 0.253 e. The van der Waals surface area contributed by atoms with Crippen LogP contribution in [0.4, 0.5) is 0 Å². The molecule has 1 atom stereocenters. The molecule has 144 valence electrons. The van der Waals surface area contributed by atoms with Crippen molar-refractivity contribution < 1.29 is 13.9 Å². The molecule has 1 amide bonds. The van der Waals surface area contributed by atoms with Crippen LogP contribution in [0.15, 0.2) is 57.3 Å². The van der Waals surface area contributed by atoms with Gasteiger partial charge < -0.3 is 9.15 Å². The lowest BCUT2D eigenvalue weighted by molar-refractivity contribution is -0.130. The van der Waals surface area contributed by atoms with Crippen LogP contribution in [0.5, 0.6) is 5.75 Å². The summed E-state index contributed by atoms with van der Waals surface area (Å²) in [6.45, 7) is 0. The Kier molecular flexibility index (Phi) is 5.11. The largest absolute Gasteiger partial charge is 0.497 e. The van der Waals surface area contributed by atoms with Crippen molar-refractivity contribution in [3.63, 3.8) is 0 Å². The number of amides is 1. The lowest BCUT2D eigenvalue weighted by Gasteiger charge is -2.19. The molecule has 0 spiro atoms. The number of carbonyl (C=O) groups is 1. The number of furan rings is 1. The normalized spacial score (nSPS) is 16.3. The average Bonchev–Trinajstić information content (AvgIpc) is 3.46. The van der Waals surface area contributed by atoms with Crippen molar-refractivity contribution in [1.82, 2.24) is 25.2 Å². The molecule has 0 aliphatic carbocycles. The van der Waals surface area contributed by atoms with Crippen molar-refractivity contribution in [2.45, 2.75) is 17.6 Å². The van der Waals surface area contributed by atoms with Crippen LogP contribution in [-0.4, -0.2) is 49.7 Å². The van der Waals surface area contributed by atoms with Crippen molar-refractivity contribution in [3.05, 3.63) is 54.0 Å². The van der Waals surface area contributed by atoms with Gasteiger partial charge in [-0.2, -0.15) is 5.10 Å². The van der Waals surface area contributed by atoms with Crippen molar-refractivity contribution in [2.75, 3.05) is 12.9 Å². The number of aromatic nitrogens is 4. The van der Waals surface area contributed by atoms with Gasteiger partial charge in [-0.3, -0.25) is 4.79 Å². The Hall–Kier alpha value is -3.14. The Bertz CT molecular complexity index is 983. The highest BCUT2D eigenvalue weighted by Gasteiger charge is 2.34. The van der Waals surface area contributed by atoms with Crippen molar-refractivity contribution in [2.24, 2.45) is 12.1 Å². The van der Waals surface area contributed by atoms with Crippen LogP contribution < -0.4 is 4.74 Å². The first-order valence-electron chi connectivity index (χ1n) is 8.58. The fraction of sp³-hybridized carbons (Fsp3) is 0.278. The highest BCUT2D eigenvalue weighted by Crippen LogP contribution is 2.34. The molecule has 0 radical (unpaired) electrons. The number of methoxy groups -OCH3 is 1. The number of ether oxygens (including phenoxy) is 1. The monoisotopic (exact) mass is 398 g/mol. The van der Waals surface area contributed by atoms with Crippen LogP contribution >= 0.6 is 11.8 Å². The smallest absolute Gasteiger partial charge is 0.253 e. The van der Waals surface area contributed by atoms with Crippen molar-refractivity contribution in [3.8, 4) is 5.75 Å². The van der Waals surface area contributed by atoms with E-state index in [1.165, 1.54) is 21.5 Å². The van der Waals surface area contributed by atoms with Gasteiger partial charge in [-0.25, -0.2) is 9.69 Å². The van der Waals surface area contributed by atoms with E-state index in [0.29, 0.717) is 17.3 Å². The number of nitrogens with zero attached hydrogens (tertiary/aromatic N) is 6. The summed E-state index contributed by atoms with van der Waals surface area (Å²) in [6.07, 6.45) is 2.17. The SMILES string of the molecule is COc1ccc(C2=NN(C(=O)CSc3nnnn3C)[C@@H](c3ccco3)C2)cc1. The topological polar surface area (TPSA) is 98.6 Å². The maximum atomic E-state index is 12.9. The summed E-state index contributed by atoms with van der Waals surface area (Å²) >= 11 is 1.27. The van der Waals surface area contributed by atoms with Crippen LogP contribution in [0.25, 0.3) is 0 Å². The third-order valence-electron chi connectivity index (χ3n) is 4.37. The summed E-state index contributed by atoms with van der Waals surface area (Å²) in [6, 6.07) is 11.0. The van der Waals surface area contributed by atoms with E-state index in [1.807, 2.05) is 36.4 Å². The molecule has 1 aliphatic rings. The van der Waals surface area contributed by atoms with Gasteiger partial charge in [-0.05, 0) is 52.4 Å². The highest BCUT2D eigenvalue weighted by molar-refractivity contribution is 7.99. The van der Waals surface area contributed by atoms with Gasteiger partial charge in [0.2, 0.25) is 5.16 Å². The Morgan fingerprint density at radius 3 is 2.79 bits per heavy atom.